The number of phenols is 1. The van der Waals surface area contributed by atoms with Gasteiger partial charge < -0.3 is 15.6 Å². The topological polar surface area (TPSA) is 73.3 Å². The second-order valence-corrected chi connectivity index (χ2v) is 3.49. The Morgan fingerprint density at radius 1 is 1.31 bits per heavy atom. The van der Waals surface area contributed by atoms with Gasteiger partial charge in [-0.2, -0.15) is 5.10 Å². The van der Waals surface area contributed by atoms with Crippen LogP contribution in [-0.4, -0.2) is 14.9 Å². The van der Waals surface area contributed by atoms with Crippen molar-refractivity contribution >= 4 is 0 Å². The molecular formula is C11H13N3O2. The number of phenolic OH excluding ortho intramolecular Hbond substituents is 1. The van der Waals surface area contributed by atoms with Gasteiger partial charge in [0.25, 0.3) is 0 Å². The highest BCUT2D eigenvalue weighted by Crippen LogP contribution is 2.22. The molecule has 3 N–H and O–H groups in total. The molecule has 0 aliphatic rings. The van der Waals surface area contributed by atoms with E-state index in [0.717, 1.165) is 0 Å². The van der Waals surface area contributed by atoms with Gasteiger partial charge in [-0.3, -0.25) is 4.68 Å². The fourth-order valence-electron chi connectivity index (χ4n) is 1.25. The van der Waals surface area contributed by atoms with Gasteiger partial charge in [0.15, 0.2) is 5.75 Å². The molecule has 84 valence electrons. The van der Waals surface area contributed by atoms with E-state index in [2.05, 4.69) is 5.10 Å². The van der Waals surface area contributed by atoms with Crippen LogP contribution in [0.2, 0.25) is 0 Å². The van der Waals surface area contributed by atoms with Gasteiger partial charge in [-0.1, -0.05) is 0 Å². The van der Waals surface area contributed by atoms with Gasteiger partial charge in [0.1, 0.15) is 11.5 Å². The molecule has 1 heterocycles. The summed E-state index contributed by atoms with van der Waals surface area (Å²) in [7, 11) is 0. The van der Waals surface area contributed by atoms with Crippen molar-refractivity contribution in [3.05, 3.63) is 36.7 Å². The zero-order valence-corrected chi connectivity index (χ0v) is 8.87. The predicted molar refractivity (Wildman–Crippen MR) is 59.3 cm³/mol. The third kappa shape index (κ3) is 2.32. The van der Waals surface area contributed by atoms with Gasteiger partial charge in [-0.15, -0.1) is 0 Å². The van der Waals surface area contributed by atoms with Crippen molar-refractivity contribution in [2.45, 2.75) is 13.1 Å². The molecule has 0 spiro atoms. The maximum absolute atomic E-state index is 9.11. The lowest BCUT2D eigenvalue weighted by Crippen LogP contribution is -2.14. The van der Waals surface area contributed by atoms with E-state index >= 15 is 0 Å². The van der Waals surface area contributed by atoms with Crippen molar-refractivity contribution in [3.63, 3.8) is 0 Å². The summed E-state index contributed by atoms with van der Waals surface area (Å²) >= 11 is 0. The lowest BCUT2D eigenvalue weighted by atomic mass is 10.3. The lowest BCUT2D eigenvalue weighted by molar-refractivity contribution is 0.462. The molecule has 16 heavy (non-hydrogen) atoms. The Morgan fingerprint density at radius 2 is 2.00 bits per heavy atom. The minimum absolute atomic E-state index is 0.183. The third-order valence-electron chi connectivity index (χ3n) is 2.07. The molecule has 5 heteroatoms. The number of nitrogens with two attached hydrogens (primary N) is 1. The van der Waals surface area contributed by atoms with Crippen LogP contribution in [0, 0.1) is 0 Å². The van der Waals surface area contributed by atoms with Crippen LogP contribution in [0.4, 0.5) is 0 Å². The van der Waals surface area contributed by atoms with E-state index in [1.54, 1.807) is 41.3 Å². The molecule has 0 saturated heterocycles. The van der Waals surface area contributed by atoms with Crippen LogP contribution in [0.15, 0.2) is 36.7 Å². The Kier molecular flexibility index (Phi) is 2.78. The van der Waals surface area contributed by atoms with E-state index in [9.17, 15) is 0 Å². The third-order valence-corrected chi connectivity index (χ3v) is 2.07. The quantitative estimate of drug-likeness (QED) is 0.826. The minimum Gasteiger partial charge on any atom is -0.508 e. The molecular weight excluding hydrogens is 206 g/mol. The first-order valence-corrected chi connectivity index (χ1v) is 4.92. The summed E-state index contributed by atoms with van der Waals surface area (Å²) in [6.45, 7) is 1.83. The van der Waals surface area contributed by atoms with E-state index in [0.29, 0.717) is 11.5 Å². The molecule has 0 radical (unpaired) electrons. The number of rotatable bonds is 3. The van der Waals surface area contributed by atoms with Gasteiger partial charge in [-0.05, 0) is 31.2 Å². The Labute approximate surface area is 93.1 Å². The summed E-state index contributed by atoms with van der Waals surface area (Å²) in [4.78, 5) is 0. The predicted octanol–water partition coefficient (Wildman–Crippen LogP) is 1.86. The maximum atomic E-state index is 9.11. The molecule has 5 nitrogen and oxygen atoms in total. The monoisotopic (exact) mass is 219 g/mol. The smallest absolute Gasteiger partial charge is 0.165 e. The molecule has 0 fully saturated rings. The highest BCUT2D eigenvalue weighted by Gasteiger charge is 2.03. The zero-order chi connectivity index (χ0) is 11.5. The fourth-order valence-corrected chi connectivity index (χ4v) is 1.25. The molecule has 0 aliphatic carbocycles. The first-order valence-electron chi connectivity index (χ1n) is 4.92. The maximum Gasteiger partial charge on any atom is 0.165 e. The lowest BCUT2D eigenvalue weighted by Gasteiger charge is -2.04. The highest BCUT2D eigenvalue weighted by molar-refractivity contribution is 5.33. The van der Waals surface area contributed by atoms with E-state index in [1.165, 1.54) is 0 Å². The van der Waals surface area contributed by atoms with E-state index < -0.39 is 0 Å². The molecule has 2 rings (SSSR count). The first kappa shape index (κ1) is 10.5. The van der Waals surface area contributed by atoms with Crippen molar-refractivity contribution < 1.29 is 9.84 Å². The fraction of sp³-hybridized carbons (Fsp3) is 0.182. The van der Waals surface area contributed by atoms with Crippen LogP contribution in [0.25, 0.3) is 0 Å². The molecule has 0 bridgehead atoms. The van der Waals surface area contributed by atoms with Crippen LogP contribution in [0.5, 0.6) is 17.2 Å². The Balaban J connectivity index is 2.11. The van der Waals surface area contributed by atoms with E-state index in [4.69, 9.17) is 15.6 Å². The molecule has 1 aromatic heterocycles. The second kappa shape index (κ2) is 4.24. The van der Waals surface area contributed by atoms with Crippen molar-refractivity contribution in [1.82, 2.24) is 9.78 Å². The number of hydrogen-bond donors (Lipinski definition) is 2. The Morgan fingerprint density at radius 3 is 2.56 bits per heavy atom. The van der Waals surface area contributed by atoms with Crippen molar-refractivity contribution in [2.75, 3.05) is 0 Å². The van der Waals surface area contributed by atoms with E-state index in [-0.39, 0.29) is 11.9 Å². The van der Waals surface area contributed by atoms with Crippen molar-refractivity contribution in [2.24, 2.45) is 5.73 Å². The van der Waals surface area contributed by atoms with E-state index in [1.807, 2.05) is 6.92 Å². The first-order chi connectivity index (χ1) is 7.65. The number of ether oxygens (including phenoxy) is 1. The summed E-state index contributed by atoms with van der Waals surface area (Å²) in [5.74, 6) is 1.46. The summed E-state index contributed by atoms with van der Waals surface area (Å²) in [6, 6.07) is 6.48. The van der Waals surface area contributed by atoms with Gasteiger partial charge in [0.05, 0.1) is 18.6 Å². The van der Waals surface area contributed by atoms with Crippen LogP contribution in [0.1, 0.15) is 13.1 Å². The Bertz CT molecular complexity index is 462. The summed E-state index contributed by atoms with van der Waals surface area (Å²) < 4.78 is 7.12. The van der Waals surface area contributed by atoms with Gasteiger partial charge in [0.2, 0.25) is 0 Å². The number of aromatic nitrogens is 2. The van der Waals surface area contributed by atoms with Crippen LogP contribution >= 0.6 is 0 Å². The number of hydrogen-bond acceptors (Lipinski definition) is 4. The molecule has 1 atom stereocenters. The average Bonchev–Trinajstić information content (AvgIpc) is 2.70. The largest absolute Gasteiger partial charge is 0.508 e. The highest BCUT2D eigenvalue weighted by atomic mass is 16.5. The van der Waals surface area contributed by atoms with Gasteiger partial charge in [0, 0.05) is 0 Å². The van der Waals surface area contributed by atoms with Crippen LogP contribution in [0.3, 0.4) is 0 Å². The molecule has 0 saturated carbocycles. The SMILES string of the molecule is CC(N)n1cc(Oc2ccc(O)cc2)cn1. The normalized spacial score (nSPS) is 12.4. The average molecular weight is 219 g/mol. The number of benzene rings is 1. The zero-order valence-electron chi connectivity index (χ0n) is 8.87. The summed E-state index contributed by atoms with van der Waals surface area (Å²) in [6.07, 6.45) is 3.13. The van der Waals surface area contributed by atoms with Crippen molar-refractivity contribution in [3.8, 4) is 17.2 Å². The molecule has 2 aromatic rings. The summed E-state index contributed by atoms with van der Waals surface area (Å²) in [5.41, 5.74) is 5.65. The van der Waals surface area contributed by atoms with Crippen molar-refractivity contribution in [1.29, 1.82) is 0 Å². The molecule has 1 aromatic carbocycles. The molecule has 1 unspecified atom stereocenters. The number of nitrogens with zero attached hydrogens (tertiary/aromatic N) is 2. The van der Waals surface area contributed by atoms with Crippen LogP contribution < -0.4 is 10.5 Å². The van der Waals surface area contributed by atoms with Crippen LogP contribution in [-0.2, 0) is 0 Å². The molecule has 0 amide bonds. The Hall–Kier alpha value is -2.01. The summed E-state index contributed by atoms with van der Waals surface area (Å²) in [5, 5.41) is 13.2. The number of aromatic hydroxyl groups is 1. The van der Waals surface area contributed by atoms with Gasteiger partial charge >= 0.3 is 0 Å². The standard InChI is InChI=1S/C11H13N3O2/c1-8(12)14-7-11(6-13-14)16-10-4-2-9(15)3-5-10/h2-8,15H,12H2,1H3. The minimum atomic E-state index is -0.183. The second-order valence-electron chi connectivity index (χ2n) is 3.49. The van der Waals surface area contributed by atoms with Gasteiger partial charge in [-0.25, -0.2) is 0 Å². The molecule has 0 aliphatic heterocycles.